The molecule has 0 saturated heterocycles. The van der Waals surface area contributed by atoms with Crippen LogP contribution in [0.3, 0.4) is 0 Å². The van der Waals surface area contributed by atoms with Crippen LogP contribution in [0.25, 0.3) is 0 Å². The first kappa shape index (κ1) is 13.7. The van der Waals surface area contributed by atoms with Crippen LogP contribution in [0, 0.1) is 5.92 Å². The van der Waals surface area contributed by atoms with E-state index in [1.54, 1.807) is 7.05 Å². The van der Waals surface area contributed by atoms with Crippen LogP contribution in [0.2, 0.25) is 0 Å². The van der Waals surface area contributed by atoms with Crippen LogP contribution in [0.4, 0.5) is 5.69 Å². The molecule has 1 aliphatic rings. The number of likely N-dealkylation sites (N-methyl/N-ethyl adjacent to an activating group) is 1. The van der Waals surface area contributed by atoms with E-state index < -0.39 is 0 Å². The topological polar surface area (TPSA) is 50.4 Å². The van der Waals surface area contributed by atoms with Crippen LogP contribution in [-0.2, 0) is 4.79 Å². The van der Waals surface area contributed by atoms with Gasteiger partial charge >= 0.3 is 0 Å². The predicted octanol–water partition coefficient (Wildman–Crippen LogP) is 2.41. The minimum absolute atomic E-state index is 0.0532. The summed E-state index contributed by atoms with van der Waals surface area (Å²) >= 11 is 0. The molecule has 1 amide bonds. The highest BCUT2D eigenvalue weighted by molar-refractivity contribution is 5.77. The van der Waals surface area contributed by atoms with E-state index >= 15 is 0 Å². The molecule has 0 bridgehead atoms. The Morgan fingerprint density at radius 2 is 2.26 bits per heavy atom. The summed E-state index contributed by atoms with van der Waals surface area (Å²) in [6, 6.07) is 8.23. The molecule has 0 radical (unpaired) electrons. The molecule has 0 aromatic heterocycles. The fraction of sp³-hybridized carbons (Fsp3) is 0.533. The van der Waals surface area contributed by atoms with Crippen molar-refractivity contribution in [3.05, 3.63) is 24.3 Å². The minimum Gasteiger partial charge on any atom is -0.484 e. The number of carbonyl (C=O) groups is 1. The predicted molar refractivity (Wildman–Crippen MR) is 76.4 cm³/mol. The van der Waals surface area contributed by atoms with Crippen LogP contribution in [0.5, 0.6) is 5.75 Å². The molecule has 1 saturated carbocycles. The molecule has 2 N–H and O–H groups in total. The van der Waals surface area contributed by atoms with Gasteiger partial charge in [0.1, 0.15) is 5.75 Å². The van der Waals surface area contributed by atoms with Gasteiger partial charge in [0.25, 0.3) is 5.91 Å². The van der Waals surface area contributed by atoms with E-state index in [1.165, 1.54) is 19.3 Å². The summed E-state index contributed by atoms with van der Waals surface area (Å²) in [5.74, 6) is 1.50. The monoisotopic (exact) mass is 262 g/mol. The van der Waals surface area contributed by atoms with E-state index in [1.807, 2.05) is 24.3 Å². The van der Waals surface area contributed by atoms with Gasteiger partial charge in [0, 0.05) is 24.8 Å². The average molecular weight is 262 g/mol. The third-order valence-corrected chi connectivity index (χ3v) is 3.28. The number of carbonyl (C=O) groups excluding carboxylic acids is 1. The Morgan fingerprint density at radius 1 is 1.47 bits per heavy atom. The summed E-state index contributed by atoms with van der Waals surface area (Å²) in [5.41, 5.74) is 1.04. The Morgan fingerprint density at radius 3 is 2.95 bits per heavy atom. The lowest BCUT2D eigenvalue weighted by Crippen LogP contribution is -2.24. The van der Waals surface area contributed by atoms with Crippen molar-refractivity contribution in [1.29, 1.82) is 0 Å². The van der Waals surface area contributed by atoms with Gasteiger partial charge in [-0.2, -0.15) is 0 Å². The van der Waals surface area contributed by atoms with Crippen molar-refractivity contribution >= 4 is 11.6 Å². The summed E-state index contributed by atoms with van der Waals surface area (Å²) in [4.78, 5) is 11.1. The molecule has 19 heavy (non-hydrogen) atoms. The van der Waals surface area contributed by atoms with Crippen LogP contribution in [0.1, 0.15) is 26.2 Å². The number of nitrogens with one attached hydrogen (secondary N) is 2. The summed E-state index contributed by atoms with van der Waals surface area (Å²) < 4.78 is 5.42. The second-order valence-corrected chi connectivity index (χ2v) is 5.21. The fourth-order valence-electron chi connectivity index (χ4n) is 2.09. The molecule has 0 heterocycles. The summed E-state index contributed by atoms with van der Waals surface area (Å²) in [6.45, 7) is 2.26. The molecule has 1 atom stereocenters. The van der Waals surface area contributed by atoms with E-state index in [0.29, 0.717) is 11.8 Å². The second kappa shape index (κ2) is 6.45. The van der Waals surface area contributed by atoms with E-state index in [0.717, 1.165) is 11.6 Å². The lowest BCUT2D eigenvalue weighted by atomic mass is 10.1. The van der Waals surface area contributed by atoms with Crippen molar-refractivity contribution in [2.45, 2.75) is 32.2 Å². The maximum Gasteiger partial charge on any atom is 0.257 e. The number of hydrogen-bond acceptors (Lipinski definition) is 3. The fourth-order valence-corrected chi connectivity index (χ4v) is 2.09. The van der Waals surface area contributed by atoms with Crippen molar-refractivity contribution in [2.75, 3.05) is 19.0 Å². The van der Waals surface area contributed by atoms with Gasteiger partial charge in [0.05, 0.1) is 0 Å². The molecule has 1 fully saturated rings. The average Bonchev–Trinajstić information content (AvgIpc) is 3.20. The molecule has 4 heteroatoms. The van der Waals surface area contributed by atoms with Crippen molar-refractivity contribution < 1.29 is 9.53 Å². The summed E-state index contributed by atoms with van der Waals surface area (Å²) in [7, 11) is 1.60. The molecule has 104 valence electrons. The quantitative estimate of drug-likeness (QED) is 0.793. The number of anilines is 1. The van der Waals surface area contributed by atoms with Crippen LogP contribution >= 0.6 is 0 Å². The largest absolute Gasteiger partial charge is 0.484 e. The number of benzene rings is 1. The molecular weight excluding hydrogens is 240 g/mol. The molecule has 1 aromatic carbocycles. The zero-order chi connectivity index (χ0) is 13.7. The Kier molecular flexibility index (Phi) is 4.66. The Bertz CT molecular complexity index is 430. The highest BCUT2D eigenvalue weighted by Crippen LogP contribution is 2.34. The van der Waals surface area contributed by atoms with Gasteiger partial charge in [-0.15, -0.1) is 0 Å². The molecule has 1 aliphatic carbocycles. The van der Waals surface area contributed by atoms with E-state index in [9.17, 15) is 4.79 Å². The van der Waals surface area contributed by atoms with Gasteiger partial charge in [0.2, 0.25) is 0 Å². The van der Waals surface area contributed by atoms with Crippen molar-refractivity contribution in [2.24, 2.45) is 5.92 Å². The van der Waals surface area contributed by atoms with Gasteiger partial charge < -0.3 is 15.4 Å². The van der Waals surface area contributed by atoms with Crippen molar-refractivity contribution in [3.63, 3.8) is 0 Å². The number of hydrogen-bond donors (Lipinski definition) is 2. The highest BCUT2D eigenvalue weighted by atomic mass is 16.5. The first-order valence-corrected chi connectivity index (χ1v) is 6.87. The normalized spacial score (nSPS) is 15.7. The standard InChI is InChI=1S/C15H22N2O2/c1-11(8-12-6-7-12)17-13-4-3-5-14(9-13)19-10-15(18)16-2/h3-5,9,11-12,17H,6-8,10H2,1-2H3,(H,16,18). The van der Waals surface area contributed by atoms with Gasteiger partial charge in [0.15, 0.2) is 6.61 Å². The zero-order valence-electron chi connectivity index (χ0n) is 11.6. The molecule has 2 rings (SSSR count). The molecular formula is C15H22N2O2. The molecule has 4 nitrogen and oxygen atoms in total. The Hall–Kier alpha value is -1.71. The van der Waals surface area contributed by atoms with Crippen LogP contribution < -0.4 is 15.4 Å². The number of rotatable bonds is 7. The summed E-state index contributed by atoms with van der Waals surface area (Å²) in [5, 5.41) is 6.01. The second-order valence-electron chi connectivity index (χ2n) is 5.21. The smallest absolute Gasteiger partial charge is 0.257 e. The maximum absolute atomic E-state index is 11.1. The lowest BCUT2D eigenvalue weighted by molar-refractivity contribution is -0.122. The third-order valence-electron chi connectivity index (χ3n) is 3.28. The molecule has 0 spiro atoms. The molecule has 1 unspecified atom stereocenters. The van der Waals surface area contributed by atoms with Crippen LogP contribution in [-0.4, -0.2) is 25.6 Å². The van der Waals surface area contributed by atoms with Gasteiger partial charge in [-0.25, -0.2) is 0 Å². The Labute approximate surface area is 114 Å². The zero-order valence-corrected chi connectivity index (χ0v) is 11.6. The number of amides is 1. The van der Waals surface area contributed by atoms with Crippen molar-refractivity contribution in [1.82, 2.24) is 5.32 Å². The molecule has 0 aliphatic heterocycles. The first-order chi connectivity index (χ1) is 9.17. The number of ether oxygens (including phenoxy) is 1. The van der Waals surface area contributed by atoms with Crippen LogP contribution in [0.15, 0.2) is 24.3 Å². The highest BCUT2D eigenvalue weighted by Gasteiger charge is 2.23. The SMILES string of the molecule is CNC(=O)COc1cccc(NC(C)CC2CC2)c1. The minimum atomic E-state index is -0.125. The first-order valence-electron chi connectivity index (χ1n) is 6.87. The van der Waals surface area contributed by atoms with Crippen molar-refractivity contribution in [3.8, 4) is 5.75 Å². The van der Waals surface area contributed by atoms with Gasteiger partial charge in [-0.1, -0.05) is 18.9 Å². The van der Waals surface area contributed by atoms with E-state index in [4.69, 9.17) is 4.74 Å². The lowest BCUT2D eigenvalue weighted by Gasteiger charge is -2.15. The van der Waals surface area contributed by atoms with E-state index in [-0.39, 0.29) is 12.5 Å². The maximum atomic E-state index is 11.1. The Balaban J connectivity index is 1.84. The third kappa shape index (κ3) is 4.81. The van der Waals surface area contributed by atoms with Gasteiger partial charge in [-0.3, -0.25) is 4.79 Å². The summed E-state index contributed by atoms with van der Waals surface area (Å²) in [6.07, 6.45) is 3.98. The van der Waals surface area contributed by atoms with E-state index in [2.05, 4.69) is 17.6 Å². The molecule has 1 aromatic rings. The van der Waals surface area contributed by atoms with Gasteiger partial charge in [-0.05, 0) is 31.4 Å².